The van der Waals surface area contributed by atoms with Crippen molar-refractivity contribution < 1.29 is 22.4 Å². The zero-order valence-electron chi connectivity index (χ0n) is 19.3. The van der Waals surface area contributed by atoms with Gasteiger partial charge in [-0.25, -0.2) is 12.8 Å². The Morgan fingerprint density at radius 2 is 1.67 bits per heavy atom. The lowest BCUT2D eigenvalue weighted by Gasteiger charge is -2.33. The second kappa shape index (κ2) is 10.6. The van der Waals surface area contributed by atoms with Crippen LogP contribution in [0.1, 0.15) is 33.3 Å². The number of nitrogens with zero attached hydrogens (tertiary/aromatic N) is 2. The van der Waals surface area contributed by atoms with E-state index in [0.717, 1.165) is 10.6 Å². The molecule has 0 aliphatic heterocycles. The normalized spacial score (nSPS) is 12.7. The fourth-order valence-corrected chi connectivity index (χ4v) is 4.59. The van der Waals surface area contributed by atoms with Crippen molar-refractivity contribution in [1.82, 2.24) is 10.2 Å². The Kier molecular flexibility index (Phi) is 8.64. The van der Waals surface area contributed by atoms with Crippen molar-refractivity contribution in [2.75, 3.05) is 17.1 Å². The van der Waals surface area contributed by atoms with Crippen LogP contribution in [0.15, 0.2) is 53.0 Å². The van der Waals surface area contributed by atoms with E-state index in [4.69, 9.17) is 0 Å². The number of carbonyl (C=O) groups is 2. The summed E-state index contributed by atoms with van der Waals surface area (Å²) in [5, 5.41) is 2.81. The number of hydrogen-bond donors (Lipinski definition) is 1. The monoisotopic (exact) mass is 541 g/mol. The molecule has 10 heteroatoms. The Balaban J connectivity index is 2.43. The third kappa shape index (κ3) is 7.53. The van der Waals surface area contributed by atoms with Gasteiger partial charge in [-0.15, -0.1) is 0 Å². The predicted octanol–water partition coefficient (Wildman–Crippen LogP) is 3.69. The number of benzene rings is 2. The number of sulfonamides is 1. The van der Waals surface area contributed by atoms with Gasteiger partial charge < -0.3 is 10.2 Å². The van der Waals surface area contributed by atoms with E-state index in [9.17, 15) is 22.4 Å². The summed E-state index contributed by atoms with van der Waals surface area (Å²) in [7, 11) is -3.84. The van der Waals surface area contributed by atoms with Crippen molar-refractivity contribution in [3.8, 4) is 0 Å². The second-order valence-corrected chi connectivity index (χ2v) is 11.5. The van der Waals surface area contributed by atoms with E-state index in [1.54, 1.807) is 51.1 Å². The second-order valence-electron chi connectivity index (χ2n) is 8.75. The van der Waals surface area contributed by atoms with Gasteiger partial charge in [0.25, 0.3) is 0 Å². The molecule has 0 saturated heterocycles. The summed E-state index contributed by atoms with van der Waals surface area (Å²) in [5.41, 5.74) is -0.0507. The molecule has 0 heterocycles. The lowest BCUT2D eigenvalue weighted by atomic mass is 10.1. The molecule has 0 spiro atoms. The number of rotatable bonds is 8. The minimum atomic E-state index is -3.84. The van der Waals surface area contributed by atoms with Gasteiger partial charge in [0.15, 0.2) is 0 Å². The van der Waals surface area contributed by atoms with Crippen LogP contribution in [0.4, 0.5) is 10.1 Å². The average molecular weight is 542 g/mol. The van der Waals surface area contributed by atoms with E-state index >= 15 is 0 Å². The summed E-state index contributed by atoms with van der Waals surface area (Å²) in [4.78, 5) is 27.5. The first-order valence-corrected chi connectivity index (χ1v) is 12.9. The minimum Gasteiger partial charge on any atom is -0.350 e. The molecule has 2 rings (SSSR count). The van der Waals surface area contributed by atoms with Crippen molar-refractivity contribution in [1.29, 1.82) is 0 Å². The molecule has 7 nitrogen and oxygen atoms in total. The van der Waals surface area contributed by atoms with Crippen LogP contribution in [0.2, 0.25) is 0 Å². The van der Waals surface area contributed by atoms with Gasteiger partial charge >= 0.3 is 0 Å². The number of hydrogen-bond acceptors (Lipinski definition) is 4. The Morgan fingerprint density at radius 1 is 1.09 bits per heavy atom. The molecule has 0 unspecified atom stereocenters. The molecule has 0 bridgehead atoms. The number of halogens is 2. The predicted molar refractivity (Wildman–Crippen MR) is 131 cm³/mol. The molecular formula is C23H29BrFN3O4S. The fraction of sp³-hybridized carbons (Fsp3) is 0.391. The van der Waals surface area contributed by atoms with Gasteiger partial charge in [0.05, 0.1) is 11.9 Å². The Morgan fingerprint density at radius 3 is 2.21 bits per heavy atom. The van der Waals surface area contributed by atoms with Crippen LogP contribution < -0.4 is 9.62 Å². The molecule has 0 radical (unpaired) electrons. The lowest BCUT2D eigenvalue weighted by molar-refractivity contribution is -0.140. The average Bonchev–Trinajstić information content (AvgIpc) is 2.69. The van der Waals surface area contributed by atoms with Gasteiger partial charge in [0, 0.05) is 22.1 Å². The molecule has 1 atom stereocenters. The Labute approximate surface area is 203 Å². The highest BCUT2D eigenvalue weighted by molar-refractivity contribution is 9.10. The van der Waals surface area contributed by atoms with Gasteiger partial charge in [0.1, 0.15) is 18.4 Å². The number of carbonyl (C=O) groups excluding carboxylic acids is 2. The van der Waals surface area contributed by atoms with Crippen molar-refractivity contribution in [2.24, 2.45) is 0 Å². The highest BCUT2D eigenvalue weighted by Crippen LogP contribution is 2.28. The molecule has 2 aromatic carbocycles. The first-order valence-electron chi connectivity index (χ1n) is 10.3. The summed E-state index contributed by atoms with van der Waals surface area (Å²) >= 11 is 3.32. The topological polar surface area (TPSA) is 86.8 Å². The molecule has 2 amide bonds. The van der Waals surface area contributed by atoms with Crippen molar-refractivity contribution >= 4 is 43.5 Å². The number of nitrogens with one attached hydrogen (secondary N) is 1. The molecule has 0 aromatic heterocycles. The number of amides is 2. The highest BCUT2D eigenvalue weighted by atomic mass is 79.9. The van der Waals surface area contributed by atoms with Crippen LogP contribution in [0.3, 0.4) is 0 Å². The summed E-state index contributed by atoms with van der Waals surface area (Å²) in [6.07, 6.45) is 0.997. The molecule has 0 saturated carbocycles. The van der Waals surface area contributed by atoms with Crippen LogP contribution >= 0.6 is 15.9 Å². The van der Waals surface area contributed by atoms with E-state index in [2.05, 4.69) is 21.2 Å². The zero-order chi connectivity index (χ0) is 25.0. The smallest absolute Gasteiger partial charge is 0.244 e. The molecule has 33 heavy (non-hydrogen) atoms. The van der Waals surface area contributed by atoms with Crippen molar-refractivity contribution in [2.45, 2.75) is 45.8 Å². The molecule has 180 valence electrons. The molecule has 2 aromatic rings. The van der Waals surface area contributed by atoms with E-state index < -0.39 is 45.8 Å². The van der Waals surface area contributed by atoms with Gasteiger partial charge in [-0.05, 0) is 61.8 Å². The van der Waals surface area contributed by atoms with Crippen molar-refractivity contribution in [3.05, 3.63) is 64.4 Å². The standard InChI is InChI=1S/C23H29BrFN3O4S/c1-16(22(30)26-23(2,3)4)27(14-17-10-6-8-12-19(17)25)21(29)15-28(33(5,31)32)20-13-9-7-11-18(20)24/h6-13,16H,14-15H2,1-5H3,(H,26,30)/t16-/m1/s1. The summed E-state index contributed by atoms with van der Waals surface area (Å²) in [6, 6.07) is 11.6. The number of para-hydroxylation sites is 1. The van der Waals surface area contributed by atoms with Crippen LogP contribution in [-0.4, -0.2) is 49.5 Å². The maximum Gasteiger partial charge on any atom is 0.244 e. The Hall–Kier alpha value is -2.46. The highest BCUT2D eigenvalue weighted by Gasteiger charge is 2.32. The molecule has 0 fully saturated rings. The van der Waals surface area contributed by atoms with Gasteiger partial charge in [-0.1, -0.05) is 30.3 Å². The lowest BCUT2D eigenvalue weighted by Crippen LogP contribution is -2.54. The van der Waals surface area contributed by atoms with Crippen LogP contribution in [0.25, 0.3) is 0 Å². The molecule has 1 N–H and O–H groups in total. The van der Waals surface area contributed by atoms with Crippen LogP contribution in [-0.2, 0) is 26.2 Å². The van der Waals surface area contributed by atoms with E-state index in [0.29, 0.717) is 4.47 Å². The third-order valence-corrected chi connectivity index (χ3v) is 6.56. The van der Waals surface area contributed by atoms with Crippen LogP contribution in [0, 0.1) is 5.82 Å². The quantitative estimate of drug-likeness (QED) is 0.552. The summed E-state index contributed by atoms with van der Waals surface area (Å²) < 4.78 is 40.9. The first-order chi connectivity index (χ1) is 15.2. The maximum absolute atomic E-state index is 14.4. The van der Waals surface area contributed by atoms with E-state index in [1.807, 2.05) is 0 Å². The van der Waals surface area contributed by atoms with E-state index in [1.165, 1.54) is 30.0 Å². The molecule has 0 aliphatic rings. The maximum atomic E-state index is 14.4. The largest absolute Gasteiger partial charge is 0.350 e. The molecule has 0 aliphatic carbocycles. The van der Waals surface area contributed by atoms with Gasteiger partial charge in [-0.2, -0.15) is 0 Å². The molecular weight excluding hydrogens is 513 g/mol. The number of anilines is 1. The third-order valence-electron chi connectivity index (χ3n) is 4.76. The first kappa shape index (κ1) is 26.8. The van der Waals surface area contributed by atoms with Crippen molar-refractivity contribution in [3.63, 3.8) is 0 Å². The van der Waals surface area contributed by atoms with Gasteiger partial charge in [-0.3, -0.25) is 13.9 Å². The fourth-order valence-electron chi connectivity index (χ4n) is 3.12. The zero-order valence-corrected chi connectivity index (χ0v) is 21.7. The summed E-state index contributed by atoms with van der Waals surface area (Å²) in [6.45, 7) is 6.20. The minimum absolute atomic E-state index is 0.197. The van der Waals surface area contributed by atoms with E-state index in [-0.39, 0.29) is 17.8 Å². The summed E-state index contributed by atoms with van der Waals surface area (Å²) in [5.74, 6) is -1.60. The SMILES string of the molecule is C[C@H](C(=O)NC(C)(C)C)N(Cc1ccccc1F)C(=O)CN(c1ccccc1Br)S(C)(=O)=O. The van der Waals surface area contributed by atoms with Crippen LogP contribution in [0.5, 0.6) is 0 Å². The Bertz CT molecular complexity index is 1120. The van der Waals surface area contributed by atoms with Gasteiger partial charge in [0.2, 0.25) is 21.8 Å².